The molecular weight excluding hydrogens is 288 g/mol. The van der Waals surface area contributed by atoms with E-state index in [2.05, 4.69) is 33.9 Å². The highest BCUT2D eigenvalue weighted by Crippen LogP contribution is 2.29. The van der Waals surface area contributed by atoms with Gasteiger partial charge in [-0.1, -0.05) is 37.3 Å². The normalized spacial score (nSPS) is 15.6. The first-order chi connectivity index (χ1) is 11.2. The van der Waals surface area contributed by atoms with Gasteiger partial charge in [0.05, 0.1) is 0 Å². The van der Waals surface area contributed by atoms with Gasteiger partial charge in [-0.2, -0.15) is 0 Å². The Morgan fingerprint density at radius 3 is 2.70 bits per heavy atom. The van der Waals surface area contributed by atoms with Crippen molar-refractivity contribution in [3.8, 4) is 0 Å². The Labute approximate surface area is 136 Å². The third kappa shape index (κ3) is 3.18. The van der Waals surface area contributed by atoms with Crippen molar-refractivity contribution in [2.75, 3.05) is 24.5 Å². The molecule has 1 saturated heterocycles. The fourth-order valence-corrected chi connectivity index (χ4v) is 2.96. The lowest BCUT2D eigenvalue weighted by atomic mass is 9.99. The number of hydrogen-bond acceptors (Lipinski definition) is 4. The molecule has 0 aliphatic carbocycles. The number of anilines is 1. The Kier molecular flexibility index (Phi) is 4.55. The number of piperidine rings is 1. The van der Waals surface area contributed by atoms with Gasteiger partial charge in [-0.15, -0.1) is 16.8 Å². The Bertz CT molecular complexity index is 720. The molecular formula is C18H22N4O. The summed E-state index contributed by atoms with van der Waals surface area (Å²) in [5.74, 6) is 1.43. The maximum atomic E-state index is 12.3. The van der Waals surface area contributed by atoms with E-state index in [1.54, 1.807) is 6.08 Å². The van der Waals surface area contributed by atoms with Crippen LogP contribution in [-0.4, -0.2) is 35.7 Å². The number of nitrogens with zero attached hydrogens (tertiary/aromatic N) is 3. The van der Waals surface area contributed by atoms with Crippen LogP contribution in [0.5, 0.6) is 0 Å². The average molecular weight is 310 g/mol. The molecule has 1 amide bonds. The number of rotatable bonds is 4. The van der Waals surface area contributed by atoms with Gasteiger partial charge in [-0.05, 0) is 18.8 Å². The summed E-state index contributed by atoms with van der Waals surface area (Å²) in [5.41, 5.74) is 0.372. The van der Waals surface area contributed by atoms with Crippen LogP contribution in [0.3, 0.4) is 0 Å². The second-order valence-electron chi connectivity index (χ2n) is 6.09. The lowest BCUT2D eigenvalue weighted by molar-refractivity contribution is 0.0954. The summed E-state index contributed by atoms with van der Waals surface area (Å²) < 4.78 is 0. The highest BCUT2D eigenvalue weighted by atomic mass is 16.1. The molecule has 1 aromatic heterocycles. The number of carbonyl (C=O) groups excluding carboxylic acids is 1. The summed E-state index contributed by atoms with van der Waals surface area (Å²) >= 11 is 0. The zero-order valence-corrected chi connectivity index (χ0v) is 13.5. The maximum Gasteiger partial charge on any atom is 0.272 e. The van der Waals surface area contributed by atoms with Crippen LogP contribution < -0.4 is 10.2 Å². The minimum atomic E-state index is -0.215. The van der Waals surface area contributed by atoms with Gasteiger partial charge in [0.25, 0.3) is 5.91 Å². The first-order valence-corrected chi connectivity index (χ1v) is 8.10. The van der Waals surface area contributed by atoms with Gasteiger partial charge in [0, 0.05) is 30.4 Å². The van der Waals surface area contributed by atoms with Gasteiger partial charge in [-0.25, -0.2) is 0 Å². The molecule has 5 nitrogen and oxygen atoms in total. The van der Waals surface area contributed by atoms with Crippen LogP contribution in [0.15, 0.2) is 36.9 Å². The molecule has 1 aromatic carbocycles. The number of carbonyl (C=O) groups is 1. The predicted molar refractivity (Wildman–Crippen MR) is 92.7 cm³/mol. The van der Waals surface area contributed by atoms with Crippen LogP contribution in [0, 0.1) is 5.92 Å². The van der Waals surface area contributed by atoms with Crippen molar-refractivity contribution in [1.29, 1.82) is 0 Å². The van der Waals surface area contributed by atoms with Gasteiger partial charge in [0.2, 0.25) is 0 Å². The van der Waals surface area contributed by atoms with Crippen molar-refractivity contribution in [2.45, 2.75) is 19.8 Å². The molecule has 1 N–H and O–H groups in total. The fraction of sp³-hybridized carbons (Fsp3) is 0.389. The molecule has 0 spiro atoms. The summed E-state index contributed by atoms with van der Waals surface area (Å²) in [6, 6.07) is 7.85. The highest BCUT2D eigenvalue weighted by molar-refractivity contribution is 6.07. The highest BCUT2D eigenvalue weighted by Gasteiger charge is 2.21. The minimum absolute atomic E-state index is 0.215. The van der Waals surface area contributed by atoms with Crippen molar-refractivity contribution in [1.82, 2.24) is 15.5 Å². The van der Waals surface area contributed by atoms with E-state index in [0.717, 1.165) is 48.4 Å². The van der Waals surface area contributed by atoms with Crippen molar-refractivity contribution in [3.05, 3.63) is 42.6 Å². The fourth-order valence-electron chi connectivity index (χ4n) is 2.96. The molecule has 120 valence electrons. The van der Waals surface area contributed by atoms with Crippen LogP contribution in [0.2, 0.25) is 0 Å². The molecule has 0 bridgehead atoms. The van der Waals surface area contributed by atoms with Crippen molar-refractivity contribution in [2.24, 2.45) is 5.92 Å². The average Bonchev–Trinajstić information content (AvgIpc) is 2.59. The van der Waals surface area contributed by atoms with Crippen molar-refractivity contribution < 1.29 is 4.79 Å². The zero-order chi connectivity index (χ0) is 16.2. The van der Waals surface area contributed by atoms with Crippen LogP contribution >= 0.6 is 0 Å². The number of benzene rings is 1. The minimum Gasteiger partial charge on any atom is -0.355 e. The quantitative estimate of drug-likeness (QED) is 0.882. The Morgan fingerprint density at radius 1 is 1.30 bits per heavy atom. The largest absolute Gasteiger partial charge is 0.355 e. The summed E-state index contributed by atoms with van der Waals surface area (Å²) in [6.07, 6.45) is 3.98. The van der Waals surface area contributed by atoms with Gasteiger partial charge in [0.15, 0.2) is 11.5 Å². The lowest BCUT2D eigenvalue weighted by Crippen LogP contribution is -2.34. The van der Waals surface area contributed by atoms with E-state index >= 15 is 0 Å². The van der Waals surface area contributed by atoms with Gasteiger partial charge < -0.3 is 10.2 Å². The van der Waals surface area contributed by atoms with Crippen LogP contribution in [0.25, 0.3) is 10.8 Å². The van der Waals surface area contributed by atoms with E-state index in [1.807, 2.05) is 24.3 Å². The monoisotopic (exact) mass is 310 g/mol. The Balaban J connectivity index is 1.99. The first-order valence-electron chi connectivity index (χ1n) is 8.10. The SMILES string of the molecule is C=CCNC(=O)c1nnc(N2CCC(C)CC2)c2ccccc12. The Hall–Kier alpha value is -2.43. The molecule has 0 atom stereocenters. The molecule has 3 rings (SSSR count). The molecule has 0 unspecified atom stereocenters. The smallest absolute Gasteiger partial charge is 0.272 e. The standard InChI is InChI=1S/C18H22N4O/c1-3-10-19-18(23)16-14-6-4-5-7-15(14)17(21-20-16)22-11-8-13(2)9-12-22/h3-7,13H,1,8-12H2,2H3,(H,19,23). The number of aromatic nitrogens is 2. The van der Waals surface area contributed by atoms with Crippen LogP contribution in [0.4, 0.5) is 5.82 Å². The third-order valence-corrected chi connectivity index (χ3v) is 4.37. The molecule has 2 heterocycles. The van der Waals surface area contributed by atoms with E-state index in [1.165, 1.54) is 0 Å². The molecule has 0 radical (unpaired) electrons. The van der Waals surface area contributed by atoms with Gasteiger partial charge >= 0.3 is 0 Å². The second kappa shape index (κ2) is 6.77. The summed E-state index contributed by atoms with van der Waals surface area (Å²) in [6.45, 7) is 8.29. The zero-order valence-electron chi connectivity index (χ0n) is 13.5. The predicted octanol–water partition coefficient (Wildman–Crippen LogP) is 2.78. The third-order valence-electron chi connectivity index (χ3n) is 4.37. The van der Waals surface area contributed by atoms with Crippen molar-refractivity contribution in [3.63, 3.8) is 0 Å². The molecule has 0 saturated carbocycles. The van der Waals surface area contributed by atoms with E-state index in [0.29, 0.717) is 12.2 Å². The summed E-state index contributed by atoms with van der Waals surface area (Å²) in [5, 5.41) is 13.2. The molecule has 1 aliphatic heterocycles. The van der Waals surface area contributed by atoms with Crippen LogP contribution in [0.1, 0.15) is 30.3 Å². The molecule has 2 aromatic rings. The van der Waals surface area contributed by atoms with Crippen molar-refractivity contribution >= 4 is 22.5 Å². The van der Waals surface area contributed by atoms with E-state index in [-0.39, 0.29) is 5.91 Å². The van der Waals surface area contributed by atoms with Crippen LogP contribution in [-0.2, 0) is 0 Å². The summed E-state index contributed by atoms with van der Waals surface area (Å²) in [7, 11) is 0. The first kappa shape index (κ1) is 15.5. The van der Waals surface area contributed by atoms with Gasteiger partial charge in [0.1, 0.15) is 0 Å². The number of nitrogens with one attached hydrogen (secondary N) is 1. The van der Waals surface area contributed by atoms with E-state index in [9.17, 15) is 4.79 Å². The number of fused-ring (bicyclic) bond motifs is 1. The topological polar surface area (TPSA) is 58.1 Å². The number of amides is 1. The lowest BCUT2D eigenvalue weighted by Gasteiger charge is -2.31. The molecule has 23 heavy (non-hydrogen) atoms. The maximum absolute atomic E-state index is 12.3. The second-order valence-corrected chi connectivity index (χ2v) is 6.09. The molecule has 5 heteroatoms. The van der Waals surface area contributed by atoms with E-state index < -0.39 is 0 Å². The number of hydrogen-bond donors (Lipinski definition) is 1. The van der Waals surface area contributed by atoms with Gasteiger partial charge in [-0.3, -0.25) is 4.79 Å². The van der Waals surface area contributed by atoms with E-state index in [4.69, 9.17) is 0 Å². The molecule has 1 aliphatic rings. The molecule has 1 fully saturated rings. The Morgan fingerprint density at radius 2 is 2.00 bits per heavy atom. The summed E-state index contributed by atoms with van der Waals surface area (Å²) in [4.78, 5) is 14.6.